The number of aromatic amines is 1. The molecule has 0 amide bonds. The van der Waals surface area contributed by atoms with Crippen LogP contribution in [0.1, 0.15) is 0 Å². The molecule has 0 aliphatic rings. The summed E-state index contributed by atoms with van der Waals surface area (Å²) in [5.74, 6) is 0. The fourth-order valence-electron chi connectivity index (χ4n) is 1.51. The Morgan fingerprint density at radius 1 is 1.29 bits per heavy atom. The standard InChI is InChI=1S/C7H6N3.3CH3.Sn/c8-6-2-1-3-7-5(6)4-9-10-7;;;;/h2-4H,8H2,(H,9,10);3*1H3;. The Balaban J connectivity index is 2.70. The number of nitrogens with zero attached hydrogens (tertiary/aromatic N) is 1. The van der Waals surface area contributed by atoms with Gasteiger partial charge in [-0.2, -0.15) is 0 Å². The third kappa shape index (κ3) is 1.60. The van der Waals surface area contributed by atoms with Gasteiger partial charge in [-0.1, -0.05) is 0 Å². The molecule has 0 unspecified atom stereocenters. The summed E-state index contributed by atoms with van der Waals surface area (Å²) in [4.78, 5) is 7.14. The number of aromatic nitrogens is 2. The van der Waals surface area contributed by atoms with E-state index in [4.69, 9.17) is 5.73 Å². The Hall–Kier alpha value is -0.711. The van der Waals surface area contributed by atoms with Crippen LogP contribution in [-0.4, -0.2) is 28.6 Å². The molecule has 0 aliphatic heterocycles. The molecule has 0 aliphatic carbocycles. The monoisotopic (exact) mass is 297 g/mol. The van der Waals surface area contributed by atoms with E-state index in [0.717, 1.165) is 16.6 Å². The number of nitrogens with one attached hydrogen (secondary N) is 1. The van der Waals surface area contributed by atoms with Crippen LogP contribution in [0.25, 0.3) is 10.9 Å². The van der Waals surface area contributed by atoms with Crippen molar-refractivity contribution < 1.29 is 0 Å². The molecule has 1 heterocycles. The topological polar surface area (TPSA) is 54.7 Å². The zero-order valence-electron chi connectivity index (χ0n) is 8.76. The quantitative estimate of drug-likeness (QED) is 0.621. The summed E-state index contributed by atoms with van der Waals surface area (Å²) in [5.41, 5.74) is 7.88. The normalized spacial score (nSPS) is 12.2. The minimum absolute atomic E-state index is 0.845. The van der Waals surface area contributed by atoms with Crippen molar-refractivity contribution in [3.63, 3.8) is 0 Å². The zero-order chi connectivity index (χ0) is 10.3. The van der Waals surface area contributed by atoms with E-state index in [1.807, 2.05) is 0 Å². The fraction of sp³-hybridized carbons (Fsp3) is 0.300. The number of hydrogen-bond acceptors (Lipinski definition) is 2. The maximum absolute atomic E-state index is 5.97. The number of fused-ring (bicyclic) bond motifs is 1. The Morgan fingerprint density at radius 3 is 2.64 bits per heavy atom. The van der Waals surface area contributed by atoms with Gasteiger partial charge in [0.25, 0.3) is 0 Å². The minimum atomic E-state index is -2.00. The molecule has 3 nitrogen and oxygen atoms in total. The van der Waals surface area contributed by atoms with Crippen LogP contribution < -0.4 is 9.31 Å². The predicted molar refractivity (Wildman–Crippen MR) is 63.5 cm³/mol. The summed E-state index contributed by atoms with van der Waals surface area (Å²) in [6, 6.07) is 4.32. The van der Waals surface area contributed by atoms with Crippen molar-refractivity contribution in [2.75, 3.05) is 5.73 Å². The van der Waals surface area contributed by atoms with Crippen LogP contribution in [0.4, 0.5) is 5.69 Å². The molecule has 1 aromatic heterocycles. The number of rotatable bonds is 1. The number of nitrogen functional groups attached to an aromatic ring is 1. The second kappa shape index (κ2) is 3.15. The van der Waals surface area contributed by atoms with Crippen molar-refractivity contribution in [1.29, 1.82) is 0 Å². The first-order chi connectivity index (χ1) is 6.48. The number of H-pyrrole nitrogens is 1. The molecule has 0 saturated heterocycles. The Kier molecular flexibility index (Phi) is 2.21. The fourth-order valence-corrected chi connectivity index (χ4v) is 4.84. The number of anilines is 1. The molecule has 0 fully saturated rings. The molecule has 74 valence electrons. The van der Waals surface area contributed by atoms with Crippen LogP contribution in [0.15, 0.2) is 18.3 Å². The van der Waals surface area contributed by atoms with E-state index >= 15 is 0 Å². The molecule has 14 heavy (non-hydrogen) atoms. The number of nitrogens with two attached hydrogens (primary N) is 1. The molecule has 0 saturated carbocycles. The van der Waals surface area contributed by atoms with Crippen molar-refractivity contribution in [2.24, 2.45) is 0 Å². The van der Waals surface area contributed by atoms with Crippen LogP contribution in [0.2, 0.25) is 14.8 Å². The van der Waals surface area contributed by atoms with E-state index in [9.17, 15) is 0 Å². The van der Waals surface area contributed by atoms with Gasteiger partial charge in [-0.3, -0.25) is 0 Å². The Bertz CT molecular complexity index is 468. The summed E-state index contributed by atoms with van der Waals surface area (Å²) >= 11 is -2.00. The van der Waals surface area contributed by atoms with Crippen molar-refractivity contribution in [3.05, 3.63) is 18.3 Å². The van der Waals surface area contributed by atoms with Crippen LogP contribution in [0, 0.1) is 0 Å². The van der Waals surface area contributed by atoms with E-state index in [1.165, 1.54) is 3.58 Å². The van der Waals surface area contributed by atoms with Gasteiger partial charge in [-0.25, -0.2) is 0 Å². The molecule has 4 heteroatoms. The van der Waals surface area contributed by atoms with Gasteiger partial charge in [0, 0.05) is 0 Å². The summed E-state index contributed by atoms with van der Waals surface area (Å²) in [6.07, 6.45) is 1.78. The summed E-state index contributed by atoms with van der Waals surface area (Å²) in [7, 11) is 0. The summed E-state index contributed by atoms with van der Waals surface area (Å²) < 4.78 is 1.44. The molecule has 2 aromatic rings. The van der Waals surface area contributed by atoms with E-state index in [-0.39, 0.29) is 0 Å². The molecule has 1 aromatic carbocycles. The molecule has 0 spiro atoms. The van der Waals surface area contributed by atoms with Gasteiger partial charge in [-0.15, -0.1) is 0 Å². The first kappa shape index (κ1) is 9.83. The van der Waals surface area contributed by atoms with E-state index < -0.39 is 18.4 Å². The molecular weight excluding hydrogens is 281 g/mol. The van der Waals surface area contributed by atoms with Crippen molar-refractivity contribution >= 4 is 38.5 Å². The summed E-state index contributed by atoms with van der Waals surface area (Å²) in [5, 5.41) is 8.01. The molecular formula is C10H15N3Sn. The van der Waals surface area contributed by atoms with Crippen molar-refractivity contribution in [2.45, 2.75) is 14.8 Å². The van der Waals surface area contributed by atoms with Gasteiger partial charge < -0.3 is 0 Å². The van der Waals surface area contributed by atoms with Gasteiger partial charge in [0.1, 0.15) is 0 Å². The van der Waals surface area contributed by atoms with Crippen LogP contribution in [-0.2, 0) is 0 Å². The first-order valence-corrected chi connectivity index (χ1v) is 14.7. The van der Waals surface area contributed by atoms with Gasteiger partial charge in [0.15, 0.2) is 0 Å². The van der Waals surface area contributed by atoms with Gasteiger partial charge in [-0.05, 0) is 0 Å². The Morgan fingerprint density at radius 2 is 2.00 bits per heavy atom. The second-order valence-corrected chi connectivity index (χ2v) is 19.1. The molecule has 0 radical (unpaired) electrons. The molecule has 0 atom stereocenters. The summed E-state index contributed by atoms with van der Waals surface area (Å²) in [6.45, 7) is 0. The molecule has 0 bridgehead atoms. The maximum atomic E-state index is 5.97. The van der Waals surface area contributed by atoms with Gasteiger partial charge in [0.05, 0.1) is 0 Å². The van der Waals surface area contributed by atoms with Gasteiger partial charge >= 0.3 is 87.6 Å². The zero-order valence-corrected chi connectivity index (χ0v) is 11.6. The van der Waals surface area contributed by atoms with Crippen LogP contribution >= 0.6 is 0 Å². The SMILES string of the molecule is [CH3][Sn]([CH3])([CH3])[c]1cc(N)c2cn[nH]c2c1. The van der Waals surface area contributed by atoms with Crippen LogP contribution in [0.5, 0.6) is 0 Å². The average molecular weight is 296 g/mol. The second-order valence-electron chi connectivity index (χ2n) is 4.65. The Labute approximate surface area is 87.6 Å². The van der Waals surface area contributed by atoms with Crippen molar-refractivity contribution in [1.82, 2.24) is 10.2 Å². The molecule has 3 N–H and O–H groups in total. The number of hydrogen-bond donors (Lipinski definition) is 2. The predicted octanol–water partition coefficient (Wildman–Crippen LogP) is 1.69. The van der Waals surface area contributed by atoms with E-state index in [2.05, 4.69) is 37.1 Å². The third-order valence-corrected chi connectivity index (χ3v) is 8.22. The van der Waals surface area contributed by atoms with E-state index in [0.29, 0.717) is 0 Å². The first-order valence-electron chi connectivity index (χ1n) is 4.71. The average Bonchev–Trinajstić information content (AvgIpc) is 2.50. The van der Waals surface area contributed by atoms with Crippen molar-refractivity contribution in [3.8, 4) is 0 Å². The van der Waals surface area contributed by atoms with Crippen LogP contribution in [0.3, 0.4) is 0 Å². The third-order valence-electron chi connectivity index (χ3n) is 2.46. The van der Waals surface area contributed by atoms with E-state index in [1.54, 1.807) is 6.20 Å². The molecule has 2 rings (SSSR count). The van der Waals surface area contributed by atoms with Gasteiger partial charge in [0.2, 0.25) is 0 Å². The number of benzene rings is 1.